The zero-order valence-corrected chi connectivity index (χ0v) is 33.4. The number of phenols is 2. The molecule has 266 valence electrons. The summed E-state index contributed by atoms with van der Waals surface area (Å²) in [5.41, 5.74) is 5.58. The van der Waals surface area contributed by atoms with Crippen molar-refractivity contribution in [1.82, 2.24) is 9.97 Å². The Hall–Kier alpha value is -7.08. The zero-order chi connectivity index (χ0) is 37.3. The van der Waals surface area contributed by atoms with Gasteiger partial charge in [-0.3, -0.25) is 9.97 Å². The summed E-state index contributed by atoms with van der Waals surface area (Å²) in [6.07, 6.45) is 3.44. The maximum Gasteiger partial charge on any atom is 0.148 e. The van der Waals surface area contributed by atoms with Gasteiger partial charge in [0.25, 0.3) is 0 Å². The Bertz CT molecular complexity index is 3270. The number of rotatable bonds is 2. The van der Waals surface area contributed by atoms with Crippen LogP contribution in [-0.4, -0.2) is 20.2 Å². The number of aromatic hydroxyl groups is 2. The van der Waals surface area contributed by atoms with E-state index in [1.54, 1.807) is 24.5 Å². The maximum absolute atomic E-state index is 10.5. The number of furan rings is 2. The Kier molecular flexibility index (Phi) is 8.21. The molecular weight excluding hydrogens is 758 g/mol. The zero-order valence-electron chi connectivity index (χ0n) is 30.5. The van der Waals surface area contributed by atoms with Gasteiger partial charge in [0.1, 0.15) is 33.8 Å². The van der Waals surface area contributed by atoms with Crippen molar-refractivity contribution in [3.8, 4) is 34.0 Å². The number of nitrogens with zero attached hydrogens (tertiary/aromatic N) is 2. The number of pyridine rings is 2. The summed E-state index contributed by atoms with van der Waals surface area (Å²) in [6.45, 7) is 0. The van der Waals surface area contributed by atoms with Gasteiger partial charge in [-0.25, -0.2) is 0 Å². The van der Waals surface area contributed by atoms with Crippen LogP contribution in [-0.2, 0) is 19.5 Å². The van der Waals surface area contributed by atoms with Gasteiger partial charge in [0.05, 0.1) is 22.5 Å². The molecule has 4 aromatic heterocycles. The first-order chi connectivity index (χ1) is 27.6. The van der Waals surface area contributed by atoms with E-state index in [0.29, 0.717) is 33.7 Å². The minimum atomic E-state index is 0. The van der Waals surface area contributed by atoms with Crippen LogP contribution < -0.4 is 0 Å². The van der Waals surface area contributed by atoms with Crippen molar-refractivity contribution in [2.75, 3.05) is 0 Å². The van der Waals surface area contributed by atoms with Crippen molar-refractivity contribution in [3.63, 3.8) is 0 Å². The largest absolute Gasteiger partial charge is 0.507 e. The predicted octanol–water partition coefficient (Wildman–Crippen LogP) is 13.3. The Labute approximate surface area is 338 Å². The van der Waals surface area contributed by atoms with Crippen LogP contribution in [0.5, 0.6) is 11.5 Å². The first-order valence-corrected chi connectivity index (χ1v) is 18.4. The van der Waals surface area contributed by atoms with Crippen LogP contribution in [0.3, 0.4) is 0 Å². The molecule has 0 fully saturated rings. The summed E-state index contributed by atoms with van der Waals surface area (Å²) in [7, 11) is 0. The monoisotopic (exact) mass is 786 g/mol. The van der Waals surface area contributed by atoms with Crippen molar-refractivity contribution in [2.45, 2.75) is 0 Å². The Balaban J connectivity index is 0.000000137. The first-order valence-electron chi connectivity index (χ1n) is 18.4. The van der Waals surface area contributed by atoms with Gasteiger partial charge in [0.2, 0.25) is 0 Å². The average Bonchev–Trinajstić information content (AvgIpc) is 3.79. The molecule has 2 N–H and O–H groups in total. The van der Waals surface area contributed by atoms with Gasteiger partial charge in [-0.05, 0) is 116 Å². The standard InChI is InChI=1S/2C25H15NO2.Zn/c2*27-22-11-10-18-20-13-16-9-8-15-5-1-2-6-17(15)19(16)14-23(20)28-25(18)24(22)21-7-3-4-12-26-21;/h2*1-14,27H;. The van der Waals surface area contributed by atoms with E-state index in [1.165, 1.54) is 32.3 Å². The van der Waals surface area contributed by atoms with Crippen LogP contribution in [0.4, 0.5) is 0 Å². The SMILES string of the molecule is Oc1ccc2c(oc3cc4c(ccc5ccccc54)cc32)c1-c1ccccn1.Oc1ccc2c(oc3cc4c(ccc5ccccc54)cc32)c1-c1ccccn1.[Zn]. The molecule has 0 saturated heterocycles. The van der Waals surface area contributed by atoms with Gasteiger partial charge >= 0.3 is 0 Å². The van der Waals surface area contributed by atoms with Crippen LogP contribution in [0.25, 0.3) is 109 Å². The topological polar surface area (TPSA) is 92.5 Å². The van der Waals surface area contributed by atoms with E-state index < -0.39 is 0 Å². The molecule has 0 aliphatic rings. The third-order valence-electron chi connectivity index (χ3n) is 10.8. The van der Waals surface area contributed by atoms with Gasteiger partial charge in [0.15, 0.2) is 0 Å². The number of phenolic OH excluding ortho intramolecular Hbond substituents is 2. The molecule has 6 nitrogen and oxygen atoms in total. The van der Waals surface area contributed by atoms with Crippen molar-refractivity contribution >= 4 is 87.0 Å². The second kappa shape index (κ2) is 13.6. The number of fused-ring (bicyclic) bond motifs is 12. The van der Waals surface area contributed by atoms with E-state index in [4.69, 9.17) is 8.83 Å². The van der Waals surface area contributed by atoms with Gasteiger partial charge in [-0.15, -0.1) is 0 Å². The maximum atomic E-state index is 10.5. The van der Waals surface area contributed by atoms with E-state index in [-0.39, 0.29) is 31.0 Å². The average molecular weight is 788 g/mol. The van der Waals surface area contributed by atoms with Crippen LogP contribution in [0.2, 0.25) is 0 Å². The van der Waals surface area contributed by atoms with Crippen LogP contribution in [0, 0.1) is 0 Å². The van der Waals surface area contributed by atoms with Crippen LogP contribution in [0.15, 0.2) is 179 Å². The van der Waals surface area contributed by atoms with Crippen LogP contribution in [0.1, 0.15) is 0 Å². The van der Waals surface area contributed by atoms with Crippen molar-refractivity contribution in [2.24, 2.45) is 0 Å². The van der Waals surface area contributed by atoms with Crippen molar-refractivity contribution < 1.29 is 38.5 Å². The molecule has 7 heteroatoms. The fourth-order valence-electron chi connectivity index (χ4n) is 8.18. The van der Waals surface area contributed by atoms with E-state index in [2.05, 4.69) is 107 Å². The Morgan fingerprint density at radius 2 is 0.772 bits per heavy atom. The summed E-state index contributed by atoms with van der Waals surface area (Å²) in [4.78, 5) is 8.81. The van der Waals surface area contributed by atoms with Gasteiger partial charge < -0.3 is 19.0 Å². The summed E-state index contributed by atoms with van der Waals surface area (Å²) >= 11 is 0. The molecule has 12 aromatic rings. The van der Waals surface area contributed by atoms with Gasteiger partial charge in [-0.2, -0.15) is 0 Å². The minimum absolute atomic E-state index is 0. The molecule has 0 aliphatic heterocycles. The fourth-order valence-corrected chi connectivity index (χ4v) is 8.18. The Morgan fingerprint density at radius 3 is 1.21 bits per heavy atom. The smallest absolute Gasteiger partial charge is 0.148 e. The molecule has 0 spiro atoms. The molecule has 0 amide bonds. The normalized spacial score (nSPS) is 11.5. The van der Waals surface area contributed by atoms with Crippen molar-refractivity contribution in [1.29, 1.82) is 0 Å². The van der Waals surface area contributed by atoms with Crippen molar-refractivity contribution in [3.05, 3.63) is 170 Å². The molecule has 57 heavy (non-hydrogen) atoms. The second-order valence-electron chi connectivity index (χ2n) is 14.0. The summed E-state index contributed by atoms with van der Waals surface area (Å²) < 4.78 is 12.6. The molecule has 8 aromatic carbocycles. The molecule has 0 radical (unpaired) electrons. The third-order valence-corrected chi connectivity index (χ3v) is 10.8. The fraction of sp³-hybridized carbons (Fsp3) is 0. The second-order valence-corrected chi connectivity index (χ2v) is 14.0. The molecule has 0 saturated carbocycles. The summed E-state index contributed by atoms with van der Waals surface area (Å²) in [5.74, 6) is 0.334. The molecular formula is C50H30N2O4Zn. The number of hydrogen-bond donors (Lipinski definition) is 2. The Morgan fingerprint density at radius 1 is 0.351 bits per heavy atom. The molecule has 0 aliphatic carbocycles. The summed E-state index contributed by atoms with van der Waals surface area (Å²) in [6, 6.07) is 52.4. The third kappa shape index (κ3) is 5.58. The summed E-state index contributed by atoms with van der Waals surface area (Å²) in [5, 5.41) is 34.5. The number of benzene rings is 8. The number of hydrogen-bond acceptors (Lipinski definition) is 6. The molecule has 4 heterocycles. The first kappa shape index (κ1) is 34.4. The minimum Gasteiger partial charge on any atom is -0.507 e. The van der Waals surface area contributed by atoms with E-state index in [9.17, 15) is 10.2 Å². The van der Waals surface area contributed by atoms with Gasteiger partial charge in [-0.1, -0.05) is 84.9 Å². The molecule has 0 unspecified atom stereocenters. The number of aromatic nitrogens is 2. The van der Waals surface area contributed by atoms with E-state index in [1.807, 2.05) is 48.5 Å². The quantitative estimate of drug-likeness (QED) is 0.134. The molecule has 0 atom stereocenters. The van der Waals surface area contributed by atoms with Gasteiger partial charge in [0, 0.05) is 53.4 Å². The van der Waals surface area contributed by atoms with E-state index in [0.717, 1.165) is 43.5 Å². The van der Waals surface area contributed by atoms with E-state index >= 15 is 0 Å². The predicted molar refractivity (Wildman–Crippen MR) is 227 cm³/mol. The molecule has 12 rings (SSSR count). The molecule has 0 bridgehead atoms. The van der Waals surface area contributed by atoms with Crippen LogP contribution >= 0.6 is 0 Å².